The second kappa shape index (κ2) is 15.3. The van der Waals surface area contributed by atoms with Crippen LogP contribution in [-0.4, -0.2) is 56.2 Å². The molecule has 0 saturated heterocycles. The van der Waals surface area contributed by atoms with E-state index in [4.69, 9.17) is 0 Å². The number of benzene rings is 2. The predicted octanol–water partition coefficient (Wildman–Crippen LogP) is 4.02. The molecule has 3 unspecified atom stereocenters. The number of aliphatic hydroxyl groups is 1. The molecule has 2 amide bonds. The van der Waals surface area contributed by atoms with Crippen LogP contribution in [0.15, 0.2) is 65.7 Å². The molecular weight excluding hydrogens is 605 g/mol. The summed E-state index contributed by atoms with van der Waals surface area (Å²) in [6.45, 7) is 7.38. The topological polar surface area (TPSA) is 174 Å². The summed E-state index contributed by atoms with van der Waals surface area (Å²) in [4.78, 5) is 49.7. The minimum Gasteiger partial charge on any atom is -0.480 e. The zero-order valence-electron chi connectivity index (χ0n) is 25.0. The Morgan fingerprint density at radius 2 is 1.50 bits per heavy atom. The summed E-state index contributed by atoms with van der Waals surface area (Å²) in [5.41, 5.74) is 3.70. The van der Waals surface area contributed by atoms with Gasteiger partial charge in [-0.05, 0) is 61.1 Å². The summed E-state index contributed by atoms with van der Waals surface area (Å²) < 4.78 is 14.2. The Kier molecular flexibility index (Phi) is 12.1. The van der Waals surface area contributed by atoms with Crippen molar-refractivity contribution in [1.82, 2.24) is 5.32 Å². The van der Waals surface area contributed by atoms with Crippen LogP contribution in [-0.2, 0) is 14.2 Å². The summed E-state index contributed by atoms with van der Waals surface area (Å²) in [5.74, 6) is -4.90. The van der Waals surface area contributed by atoms with Gasteiger partial charge in [-0.25, -0.2) is 9.59 Å². The fourth-order valence-electron chi connectivity index (χ4n) is 4.73. The molecule has 0 radical (unpaired) electrons. The summed E-state index contributed by atoms with van der Waals surface area (Å²) in [5, 5.41) is 32.4. The molecule has 0 aliphatic rings. The zero-order valence-corrected chi connectivity index (χ0v) is 27.0. The van der Waals surface area contributed by atoms with Crippen LogP contribution in [0.3, 0.4) is 0 Å². The number of carboxylic acid groups (broad SMARTS) is 2. The van der Waals surface area contributed by atoms with Crippen LogP contribution >= 0.6 is 20.2 Å². The number of rotatable bonds is 15. The number of fused-ring (bicyclic) bond motifs is 1. The number of thioether (sulfide) groups is 1. The van der Waals surface area contributed by atoms with E-state index in [0.29, 0.717) is 10.5 Å². The number of aromatic carboxylic acids is 1. The minimum atomic E-state index is -1.96. The molecule has 3 rings (SSSR count). The first-order chi connectivity index (χ1) is 20.7. The SMILES string of the molecule is CC(C)CC(C(=O)N[C@@H](CC(C)C)C(=O)O)C(O)(CSc1ccc2ccccc2[n+]1NC(=O)c1ccc(C(=O)O)cc1)[PH2]=O. The lowest BCUT2D eigenvalue weighted by Crippen LogP contribution is -2.52. The Hall–Kier alpha value is -3.73. The summed E-state index contributed by atoms with van der Waals surface area (Å²) in [6.07, 6.45) is 0.371. The first kappa shape index (κ1) is 34.8. The molecule has 0 aliphatic heterocycles. The Labute approximate surface area is 261 Å². The number of carbonyl (C=O) groups excluding carboxylic acids is 2. The van der Waals surface area contributed by atoms with Gasteiger partial charge in [-0.3, -0.25) is 9.59 Å². The maximum Gasteiger partial charge on any atom is 0.335 e. The van der Waals surface area contributed by atoms with Gasteiger partial charge in [0.05, 0.1) is 19.9 Å². The number of hydrogen-bond acceptors (Lipinski definition) is 7. The molecule has 44 heavy (non-hydrogen) atoms. The van der Waals surface area contributed by atoms with Gasteiger partial charge in [0.15, 0.2) is 0 Å². The van der Waals surface area contributed by atoms with E-state index in [1.165, 1.54) is 28.9 Å². The van der Waals surface area contributed by atoms with E-state index in [1.807, 2.05) is 45.9 Å². The molecule has 5 N–H and O–H groups in total. The van der Waals surface area contributed by atoms with Crippen molar-refractivity contribution >= 4 is 54.9 Å². The normalized spacial score (nSPS) is 14.4. The van der Waals surface area contributed by atoms with Crippen LogP contribution < -0.4 is 15.4 Å². The van der Waals surface area contributed by atoms with Crippen LogP contribution in [0, 0.1) is 17.8 Å². The fourth-order valence-corrected chi connectivity index (χ4v) is 6.72. The van der Waals surface area contributed by atoms with Crippen molar-refractivity contribution in [3.63, 3.8) is 0 Å². The minimum absolute atomic E-state index is 0.00631. The largest absolute Gasteiger partial charge is 0.480 e. The quantitative estimate of drug-likeness (QED) is 0.0930. The summed E-state index contributed by atoms with van der Waals surface area (Å²) >= 11 is 1.09. The van der Waals surface area contributed by atoms with Crippen molar-refractivity contribution < 1.29 is 43.7 Å². The fraction of sp³-hybridized carbons (Fsp3) is 0.387. The van der Waals surface area contributed by atoms with Crippen molar-refractivity contribution in [3.05, 3.63) is 71.8 Å². The first-order valence-corrected chi connectivity index (χ1v) is 16.2. The van der Waals surface area contributed by atoms with Crippen molar-refractivity contribution in [2.24, 2.45) is 17.8 Å². The van der Waals surface area contributed by atoms with E-state index in [1.54, 1.807) is 18.2 Å². The lowest BCUT2D eigenvalue weighted by molar-refractivity contribution is -0.653. The molecule has 3 aromatic rings. The van der Waals surface area contributed by atoms with Crippen molar-refractivity contribution in [3.8, 4) is 0 Å². The third-order valence-electron chi connectivity index (χ3n) is 7.01. The molecule has 11 nitrogen and oxygen atoms in total. The van der Waals surface area contributed by atoms with Crippen molar-refractivity contribution in [2.45, 2.75) is 56.9 Å². The molecule has 1 aromatic heterocycles. The average molecular weight is 645 g/mol. The van der Waals surface area contributed by atoms with E-state index in [9.17, 15) is 39.1 Å². The first-order valence-electron chi connectivity index (χ1n) is 14.2. The standard InChI is InChI=1S/C31H38N3O8PS/c1-18(2)15-23(28(36)32-24(30(39)40)16-19(3)4)31(41,43-42)17-44-26-14-13-20-7-5-6-8-25(20)34(26)33-27(35)21-9-11-22(12-10-21)29(37)38/h5-14,18-19,23-24,41H,15-17,43H2,1-4H3,(H3-,32,33,35,36,37,38,39,40)/p+1/t23?,24-,31?/m0/s1. The highest BCUT2D eigenvalue weighted by atomic mass is 32.2. The maximum absolute atomic E-state index is 13.4. The number of hydrogen-bond donors (Lipinski definition) is 5. The Morgan fingerprint density at radius 3 is 2.07 bits per heavy atom. The molecule has 2 aromatic carbocycles. The summed E-state index contributed by atoms with van der Waals surface area (Å²) in [7, 11) is -1.90. The number of carboxylic acids is 2. The lowest BCUT2D eigenvalue weighted by atomic mass is 9.90. The number of aliphatic carboxylic acids is 1. The molecule has 0 bridgehead atoms. The highest BCUT2D eigenvalue weighted by Gasteiger charge is 2.43. The van der Waals surface area contributed by atoms with Gasteiger partial charge in [0.2, 0.25) is 11.4 Å². The zero-order chi connectivity index (χ0) is 32.6. The third kappa shape index (κ3) is 8.90. The molecular formula is C31H39N3O8PS+. The Balaban J connectivity index is 1.94. The molecule has 0 saturated carbocycles. The Morgan fingerprint density at radius 1 is 0.886 bits per heavy atom. The van der Waals surface area contributed by atoms with E-state index < -0.39 is 49.5 Å². The van der Waals surface area contributed by atoms with Gasteiger partial charge in [-0.1, -0.05) is 56.3 Å². The van der Waals surface area contributed by atoms with Crippen LogP contribution in [0.4, 0.5) is 0 Å². The molecule has 1 heterocycles. The van der Waals surface area contributed by atoms with Gasteiger partial charge in [0.1, 0.15) is 11.4 Å². The van der Waals surface area contributed by atoms with Gasteiger partial charge < -0.3 is 25.2 Å². The molecule has 0 aliphatic carbocycles. The van der Waals surface area contributed by atoms with E-state index >= 15 is 0 Å². The monoisotopic (exact) mass is 644 g/mol. The van der Waals surface area contributed by atoms with Crippen molar-refractivity contribution in [1.29, 1.82) is 0 Å². The second-order valence-corrected chi connectivity index (χ2v) is 13.7. The van der Waals surface area contributed by atoms with Gasteiger partial charge >= 0.3 is 17.8 Å². The predicted molar refractivity (Wildman–Crippen MR) is 169 cm³/mol. The van der Waals surface area contributed by atoms with Crippen LogP contribution in [0.5, 0.6) is 0 Å². The molecule has 0 spiro atoms. The average Bonchev–Trinajstić information content (AvgIpc) is 2.98. The van der Waals surface area contributed by atoms with Gasteiger partial charge in [0.25, 0.3) is 5.03 Å². The molecule has 236 valence electrons. The molecule has 4 atom stereocenters. The number of pyridine rings is 1. The second-order valence-electron chi connectivity index (χ2n) is 11.5. The highest BCUT2D eigenvalue weighted by molar-refractivity contribution is 7.99. The van der Waals surface area contributed by atoms with Crippen molar-refractivity contribution in [2.75, 3.05) is 11.2 Å². The number of amides is 2. The number of aromatic nitrogens is 1. The summed E-state index contributed by atoms with van der Waals surface area (Å²) in [6, 6.07) is 15.1. The smallest absolute Gasteiger partial charge is 0.335 e. The lowest BCUT2D eigenvalue weighted by Gasteiger charge is -2.32. The Bertz CT molecular complexity index is 1530. The van der Waals surface area contributed by atoms with E-state index in [0.717, 1.165) is 17.1 Å². The molecule has 0 fully saturated rings. The van der Waals surface area contributed by atoms with Gasteiger partial charge in [0, 0.05) is 28.8 Å². The highest BCUT2D eigenvalue weighted by Crippen LogP contribution is 2.38. The van der Waals surface area contributed by atoms with Crippen LogP contribution in [0.1, 0.15) is 61.3 Å². The van der Waals surface area contributed by atoms with Gasteiger partial charge in [-0.2, -0.15) is 0 Å². The third-order valence-corrected chi connectivity index (χ3v) is 9.55. The van der Waals surface area contributed by atoms with Gasteiger partial charge in [-0.15, -0.1) is 5.43 Å². The van der Waals surface area contributed by atoms with Crippen LogP contribution in [0.2, 0.25) is 0 Å². The number of para-hydroxylation sites is 1. The molecule has 13 heteroatoms. The number of carbonyl (C=O) groups is 4. The number of nitrogens with zero attached hydrogens (tertiary/aromatic N) is 1. The van der Waals surface area contributed by atoms with Crippen LogP contribution in [0.25, 0.3) is 10.9 Å². The van der Waals surface area contributed by atoms with E-state index in [2.05, 4.69) is 10.7 Å². The van der Waals surface area contributed by atoms with E-state index in [-0.39, 0.29) is 41.6 Å². The number of nitrogens with one attached hydrogen (secondary N) is 2. The maximum atomic E-state index is 13.4.